The third kappa shape index (κ3) is 6.44. The summed E-state index contributed by atoms with van der Waals surface area (Å²) in [5.41, 5.74) is 8.23. The lowest BCUT2D eigenvalue weighted by molar-refractivity contribution is 0.102. The van der Waals surface area contributed by atoms with E-state index in [0.29, 0.717) is 53.0 Å². The number of halogens is 1. The van der Waals surface area contributed by atoms with Crippen LogP contribution in [-0.2, 0) is 0 Å². The van der Waals surface area contributed by atoms with Crippen molar-refractivity contribution in [2.24, 2.45) is 5.73 Å². The first-order valence-electron chi connectivity index (χ1n) is 10.4. The SMILES string of the molecule is CNc1ccc(C(=O)Nc2ccc(C)cc2C(=O)Nc2ccc(Cl)cn2)c(OCCCN)c1. The van der Waals surface area contributed by atoms with Gasteiger partial charge in [0.1, 0.15) is 11.6 Å². The molecule has 33 heavy (non-hydrogen) atoms. The Morgan fingerprint density at radius 1 is 1.03 bits per heavy atom. The molecule has 2 amide bonds. The molecule has 3 aromatic rings. The summed E-state index contributed by atoms with van der Waals surface area (Å²) in [6, 6.07) is 13.6. The van der Waals surface area contributed by atoms with Gasteiger partial charge in [0.15, 0.2) is 0 Å². The van der Waals surface area contributed by atoms with Crippen LogP contribution < -0.4 is 26.4 Å². The molecule has 9 heteroatoms. The summed E-state index contributed by atoms with van der Waals surface area (Å²) in [6.07, 6.45) is 2.10. The predicted molar refractivity (Wildman–Crippen MR) is 131 cm³/mol. The van der Waals surface area contributed by atoms with Gasteiger partial charge >= 0.3 is 0 Å². The highest BCUT2D eigenvalue weighted by molar-refractivity contribution is 6.30. The third-order valence-electron chi connectivity index (χ3n) is 4.76. The second-order valence-electron chi connectivity index (χ2n) is 7.27. The van der Waals surface area contributed by atoms with Gasteiger partial charge in [0, 0.05) is 25.0 Å². The highest BCUT2D eigenvalue weighted by Gasteiger charge is 2.18. The molecular weight excluding hydrogens is 442 g/mol. The molecule has 0 spiro atoms. The van der Waals surface area contributed by atoms with Gasteiger partial charge in [-0.3, -0.25) is 9.59 Å². The summed E-state index contributed by atoms with van der Waals surface area (Å²) in [7, 11) is 1.78. The van der Waals surface area contributed by atoms with E-state index in [9.17, 15) is 9.59 Å². The first-order valence-corrected chi connectivity index (χ1v) is 10.8. The van der Waals surface area contributed by atoms with Crippen molar-refractivity contribution in [2.45, 2.75) is 13.3 Å². The van der Waals surface area contributed by atoms with E-state index in [-0.39, 0.29) is 0 Å². The van der Waals surface area contributed by atoms with Crippen LogP contribution in [0.25, 0.3) is 0 Å². The van der Waals surface area contributed by atoms with Crippen molar-refractivity contribution in [3.05, 3.63) is 76.4 Å². The van der Waals surface area contributed by atoms with Gasteiger partial charge < -0.3 is 26.4 Å². The summed E-state index contributed by atoms with van der Waals surface area (Å²) in [6.45, 7) is 2.73. The Bertz CT molecular complexity index is 1140. The second-order valence-corrected chi connectivity index (χ2v) is 7.71. The minimum absolute atomic E-state index is 0.303. The highest BCUT2D eigenvalue weighted by Crippen LogP contribution is 2.26. The molecule has 0 unspecified atom stereocenters. The lowest BCUT2D eigenvalue weighted by Crippen LogP contribution is -2.19. The number of benzene rings is 2. The standard InChI is InChI=1S/C24H26ClN5O3/c1-15-4-8-20(19(12-15)24(32)30-22-9-5-16(25)14-28-22)29-23(31)18-7-6-17(27-2)13-21(18)33-11-3-10-26/h4-9,12-14,27H,3,10-11,26H2,1-2H3,(H,29,31)(H,28,30,32). The molecule has 0 saturated carbocycles. The quantitative estimate of drug-likeness (QED) is 0.348. The number of rotatable bonds is 9. The zero-order valence-corrected chi connectivity index (χ0v) is 19.2. The van der Waals surface area contributed by atoms with Crippen molar-refractivity contribution < 1.29 is 14.3 Å². The van der Waals surface area contributed by atoms with E-state index in [0.717, 1.165) is 11.3 Å². The van der Waals surface area contributed by atoms with Crippen LogP contribution >= 0.6 is 11.6 Å². The number of nitrogens with two attached hydrogens (primary N) is 1. The lowest BCUT2D eigenvalue weighted by atomic mass is 10.1. The van der Waals surface area contributed by atoms with Crippen molar-refractivity contribution >= 4 is 40.6 Å². The Balaban J connectivity index is 1.85. The first-order chi connectivity index (χ1) is 15.9. The minimum Gasteiger partial charge on any atom is -0.493 e. The molecule has 3 rings (SSSR count). The monoisotopic (exact) mass is 467 g/mol. The van der Waals surface area contributed by atoms with Crippen LogP contribution in [0, 0.1) is 6.92 Å². The van der Waals surface area contributed by atoms with E-state index < -0.39 is 11.8 Å². The zero-order chi connectivity index (χ0) is 23.8. The van der Waals surface area contributed by atoms with Crippen LogP contribution in [0.5, 0.6) is 5.75 Å². The number of amides is 2. The number of nitrogens with one attached hydrogen (secondary N) is 3. The highest BCUT2D eigenvalue weighted by atomic mass is 35.5. The van der Waals surface area contributed by atoms with Gasteiger partial charge in [-0.1, -0.05) is 23.2 Å². The van der Waals surface area contributed by atoms with Gasteiger partial charge in [0.05, 0.1) is 28.4 Å². The van der Waals surface area contributed by atoms with Crippen LogP contribution in [0.4, 0.5) is 17.2 Å². The molecule has 1 heterocycles. The fourth-order valence-electron chi connectivity index (χ4n) is 3.03. The van der Waals surface area contributed by atoms with Crippen LogP contribution in [0.2, 0.25) is 5.02 Å². The summed E-state index contributed by atoms with van der Waals surface area (Å²) in [5.74, 6) is -0.0330. The molecular formula is C24H26ClN5O3. The Morgan fingerprint density at radius 3 is 2.52 bits per heavy atom. The van der Waals surface area contributed by atoms with E-state index in [1.807, 2.05) is 13.0 Å². The molecule has 0 radical (unpaired) electrons. The zero-order valence-electron chi connectivity index (χ0n) is 18.4. The number of pyridine rings is 1. The Labute approximate surface area is 197 Å². The number of anilines is 3. The van der Waals surface area contributed by atoms with Gasteiger partial charge in [-0.25, -0.2) is 4.98 Å². The first kappa shape index (κ1) is 24.0. The lowest BCUT2D eigenvalue weighted by Gasteiger charge is -2.15. The molecule has 0 aliphatic rings. The third-order valence-corrected chi connectivity index (χ3v) is 4.98. The minimum atomic E-state index is -0.409. The van der Waals surface area contributed by atoms with Crippen molar-refractivity contribution in [1.29, 1.82) is 0 Å². The molecule has 0 bridgehead atoms. The molecule has 5 N–H and O–H groups in total. The van der Waals surface area contributed by atoms with E-state index in [1.165, 1.54) is 6.20 Å². The van der Waals surface area contributed by atoms with E-state index in [2.05, 4.69) is 20.9 Å². The summed E-state index contributed by atoms with van der Waals surface area (Å²) in [5, 5.41) is 9.04. The number of ether oxygens (including phenoxy) is 1. The molecule has 0 fully saturated rings. The number of hydrogen-bond donors (Lipinski definition) is 4. The number of carbonyl (C=O) groups excluding carboxylic acids is 2. The Kier molecular flexibility index (Phi) is 8.23. The number of nitrogens with zero attached hydrogens (tertiary/aromatic N) is 1. The topological polar surface area (TPSA) is 118 Å². The predicted octanol–water partition coefficient (Wildman–Crippen LogP) is 4.32. The van der Waals surface area contributed by atoms with Crippen molar-refractivity contribution in [3.8, 4) is 5.75 Å². The van der Waals surface area contributed by atoms with Crippen LogP contribution in [0.3, 0.4) is 0 Å². The summed E-state index contributed by atoms with van der Waals surface area (Å²) >= 11 is 5.86. The molecule has 172 valence electrons. The molecule has 2 aromatic carbocycles. The Hall–Kier alpha value is -3.62. The molecule has 8 nitrogen and oxygen atoms in total. The molecule has 0 aliphatic heterocycles. The number of aromatic nitrogens is 1. The molecule has 0 saturated heterocycles. The fourth-order valence-corrected chi connectivity index (χ4v) is 3.14. The molecule has 1 aromatic heterocycles. The van der Waals surface area contributed by atoms with Crippen molar-refractivity contribution in [1.82, 2.24) is 4.98 Å². The van der Waals surface area contributed by atoms with E-state index >= 15 is 0 Å². The maximum atomic E-state index is 13.1. The second kappa shape index (κ2) is 11.3. The maximum Gasteiger partial charge on any atom is 0.259 e. The van der Waals surface area contributed by atoms with Crippen molar-refractivity contribution in [3.63, 3.8) is 0 Å². The van der Waals surface area contributed by atoms with Crippen LogP contribution in [0.15, 0.2) is 54.7 Å². The largest absolute Gasteiger partial charge is 0.493 e. The summed E-state index contributed by atoms with van der Waals surface area (Å²) < 4.78 is 5.79. The number of carbonyl (C=O) groups is 2. The molecule has 0 atom stereocenters. The van der Waals surface area contributed by atoms with Crippen LogP contribution in [0.1, 0.15) is 32.7 Å². The average Bonchev–Trinajstić information content (AvgIpc) is 2.81. The van der Waals surface area contributed by atoms with Gasteiger partial charge in [-0.15, -0.1) is 0 Å². The average molecular weight is 468 g/mol. The number of aryl methyl sites for hydroxylation is 1. The van der Waals surface area contributed by atoms with Gasteiger partial charge in [0.25, 0.3) is 11.8 Å². The van der Waals surface area contributed by atoms with E-state index in [1.54, 1.807) is 49.5 Å². The fraction of sp³-hybridized carbons (Fsp3) is 0.208. The van der Waals surface area contributed by atoms with Crippen molar-refractivity contribution in [2.75, 3.05) is 36.1 Å². The summed E-state index contributed by atoms with van der Waals surface area (Å²) in [4.78, 5) is 30.1. The Morgan fingerprint density at radius 2 is 1.82 bits per heavy atom. The van der Waals surface area contributed by atoms with Gasteiger partial charge in [-0.2, -0.15) is 0 Å². The smallest absolute Gasteiger partial charge is 0.259 e. The van der Waals surface area contributed by atoms with Crippen LogP contribution in [-0.4, -0.2) is 37.0 Å². The molecule has 0 aliphatic carbocycles. The maximum absolute atomic E-state index is 13.1. The van der Waals surface area contributed by atoms with Gasteiger partial charge in [-0.05, 0) is 56.3 Å². The van der Waals surface area contributed by atoms with Gasteiger partial charge in [0.2, 0.25) is 0 Å². The van der Waals surface area contributed by atoms with E-state index in [4.69, 9.17) is 22.1 Å². The normalized spacial score (nSPS) is 10.4. The number of hydrogen-bond acceptors (Lipinski definition) is 6.